The zero-order chi connectivity index (χ0) is 19.7. The van der Waals surface area contributed by atoms with Crippen molar-refractivity contribution in [3.8, 4) is 5.75 Å². The van der Waals surface area contributed by atoms with Crippen LogP contribution in [0.5, 0.6) is 5.75 Å². The molecule has 1 aromatic rings. The molecule has 154 valence electrons. The summed E-state index contributed by atoms with van der Waals surface area (Å²) in [6, 6.07) is 3.08. The van der Waals surface area contributed by atoms with E-state index >= 15 is 0 Å². The largest absolute Gasteiger partial charge is 0.493 e. The number of hydrogen-bond donors (Lipinski definition) is 1. The number of carbonyl (C=O) groups excluding carboxylic acids is 1. The fraction of sp³-hybridized carbons (Fsp3) is 0.650. The van der Waals surface area contributed by atoms with E-state index in [2.05, 4.69) is 4.72 Å². The van der Waals surface area contributed by atoms with Crippen LogP contribution < -0.4 is 9.46 Å². The van der Waals surface area contributed by atoms with Crippen molar-refractivity contribution in [1.29, 1.82) is 0 Å². The molecule has 1 N–H and O–H groups in total. The van der Waals surface area contributed by atoms with Gasteiger partial charge in [-0.25, -0.2) is 12.9 Å². The van der Waals surface area contributed by atoms with E-state index in [1.807, 2.05) is 4.31 Å². The van der Waals surface area contributed by atoms with E-state index in [1.165, 1.54) is 18.0 Å². The highest BCUT2D eigenvalue weighted by atomic mass is 32.2. The highest BCUT2D eigenvalue weighted by molar-refractivity contribution is 7.98. The first-order valence-electron chi connectivity index (χ1n) is 10.0. The van der Waals surface area contributed by atoms with Gasteiger partial charge >= 0.3 is 0 Å². The molecule has 2 aliphatic carbocycles. The van der Waals surface area contributed by atoms with Gasteiger partial charge in [-0.1, -0.05) is 0 Å². The van der Waals surface area contributed by atoms with E-state index < -0.39 is 16.8 Å². The Bertz CT molecular complexity index is 760. The Morgan fingerprint density at radius 2 is 1.96 bits per heavy atom. The number of amides is 1. The molecule has 5 nitrogen and oxygen atoms in total. The minimum Gasteiger partial charge on any atom is -0.493 e. The Hall–Kier alpha value is -1.12. The van der Waals surface area contributed by atoms with E-state index in [0.717, 1.165) is 57.2 Å². The molecular formula is C20H27FN2O3S2. The van der Waals surface area contributed by atoms with Gasteiger partial charge in [-0.2, -0.15) is 0 Å². The summed E-state index contributed by atoms with van der Waals surface area (Å²) < 4.78 is 36.9. The summed E-state index contributed by atoms with van der Waals surface area (Å²) in [5.74, 6) is 0.440. The molecule has 0 aromatic heterocycles. The summed E-state index contributed by atoms with van der Waals surface area (Å²) in [6.07, 6.45) is 7.91. The van der Waals surface area contributed by atoms with Crippen LogP contribution in [0.1, 0.15) is 60.4 Å². The molecule has 1 aromatic carbocycles. The smallest absolute Gasteiger partial charge is 0.264 e. The number of nitrogens with one attached hydrogen (secondary N) is 1. The van der Waals surface area contributed by atoms with Crippen LogP contribution in [0.4, 0.5) is 4.39 Å². The van der Waals surface area contributed by atoms with Gasteiger partial charge in [0, 0.05) is 30.7 Å². The van der Waals surface area contributed by atoms with Crippen molar-refractivity contribution in [1.82, 2.24) is 9.03 Å². The van der Waals surface area contributed by atoms with Crippen molar-refractivity contribution >= 4 is 28.8 Å². The van der Waals surface area contributed by atoms with Gasteiger partial charge in [0.15, 0.2) is 0 Å². The molecule has 1 amide bonds. The van der Waals surface area contributed by atoms with Crippen molar-refractivity contribution in [3.05, 3.63) is 29.1 Å². The second-order valence-corrected chi connectivity index (χ2v) is 10.5. The Morgan fingerprint density at radius 3 is 2.57 bits per heavy atom. The molecule has 1 aliphatic heterocycles. The Balaban J connectivity index is 1.40. The maximum Gasteiger partial charge on any atom is 0.264 e. The summed E-state index contributed by atoms with van der Waals surface area (Å²) >= 11 is 1.40. The van der Waals surface area contributed by atoms with Gasteiger partial charge in [-0.05, 0) is 73.9 Å². The lowest BCUT2D eigenvalue weighted by molar-refractivity contribution is 0.0980. The third kappa shape index (κ3) is 5.07. The normalized spacial score (nSPS) is 22.1. The quantitative estimate of drug-likeness (QED) is 0.645. The van der Waals surface area contributed by atoms with E-state index in [0.29, 0.717) is 29.4 Å². The molecule has 1 atom stereocenters. The van der Waals surface area contributed by atoms with Crippen molar-refractivity contribution < 1.29 is 18.1 Å². The summed E-state index contributed by atoms with van der Waals surface area (Å²) in [5.41, 5.74) is 1.07. The fourth-order valence-corrected chi connectivity index (χ4v) is 4.98. The third-order valence-corrected chi connectivity index (χ3v) is 7.82. The molecule has 28 heavy (non-hydrogen) atoms. The topological polar surface area (TPSA) is 58.6 Å². The average Bonchev–Trinajstić information content (AvgIpc) is 3.58. The number of nitrogens with zero attached hydrogens (tertiary/aromatic N) is 1. The van der Waals surface area contributed by atoms with Gasteiger partial charge in [0.25, 0.3) is 5.91 Å². The first-order chi connectivity index (χ1) is 13.5. The predicted octanol–water partition coefficient (Wildman–Crippen LogP) is 3.63. The minimum absolute atomic E-state index is 0.112. The van der Waals surface area contributed by atoms with E-state index in [9.17, 15) is 13.4 Å². The molecule has 0 radical (unpaired) electrons. The molecule has 1 heterocycles. The number of ether oxygens (including phenoxy) is 1. The van der Waals surface area contributed by atoms with Crippen molar-refractivity contribution in [2.24, 2.45) is 5.92 Å². The molecule has 8 heteroatoms. The van der Waals surface area contributed by atoms with Gasteiger partial charge < -0.3 is 4.74 Å². The number of hydrogen-bond acceptors (Lipinski definition) is 4. The number of rotatable bonds is 8. The molecule has 0 bridgehead atoms. The van der Waals surface area contributed by atoms with Gasteiger partial charge in [0.2, 0.25) is 0 Å². The van der Waals surface area contributed by atoms with E-state index in [-0.39, 0.29) is 11.5 Å². The lowest BCUT2D eigenvalue weighted by Crippen LogP contribution is -2.36. The summed E-state index contributed by atoms with van der Waals surface area (Å²) in [7, 11) is -0.916. The molecule has 1 unspecified atom stereocenters. The molecule has 3 aliphatic rings. The predicted molar refractivity (Wildman–Crippen MR) is 110 cm³/mol. The van der Waals surface area contributed by atoms with Crippen LogP contribution in [0.3, 0.4) is 0 Å². The van der Waals surface area contributed by atoms with Crippen LogP contribution in [-0.2, 0) is 11.0 Å². The second kappa shape index (κ2) is 8.71. The van der Waals surface area contributed by atoms with Crippen LogP contribution in [0.2, 0.25) is 0 Å². The Morgan fingerprint density at radius 1 is 1.25 bits per heavy atom. The molecule has 1 saturated heterocycles. The number of benzene rings is 1. The van der Waals surface area contributed by atoms with Crippen LogP contribution in [0.15, 0.2) is 12.1 Å². The molecule has 0 spiro atoms. The first-order valence-corrected chi connectivity index (χ1v) is 12.4. The number of carbonyl (C=O) groups is 1. The van der Waals surface area contributed by atoms with Crippen LogP contribution in [-0.4, -0.2) is 45.6 Å². The summed E-state index contributed by atoms with van der Waals surface area (Å²) in [4.78, 5) is 12.4. The minimum atomic E-state index is -0.916. The van der Waals surface area contributed by atoms with Gasteiger partial charge in [0.05, 0.1) is 23.2 Å². The monoisotopic (exact) mass is 426 g/mol. The molecule has 4 rings (SSSR count). The van der Waals surface area contributed by atoms with E-state index in [1.54, 1.807) is 12.3 Å². The summed E-state index contributed by atoms with van der Waals surface area (Å²) in [6.45, 7) is 2.14. The van der Waals surface area contributed by atoms with Crippen molar-refractivity contribution in [2.45, 2.75) is 49.7 Å². The third-order valence-electron chi connectivity index (χ3n) is 5.62. The van der Waals surface area contributed by atoms with Crippen molar-refractivity contribution in [2.75, 3.05) is 26.0 Å². The fourth-order valence-electron chi connectivity index (χ4n) is 3.50. The Labute approximate surface area is 172 Å². The highest BCUT2D eigenvalue weighted by Gasteiger charge is 2.31. The molecular weight excluding hydrogens is 399 g/mol. The standard InChI is InChI=1S/C20H27FN2O3S2/c1-28(25)23-8-6-13(7-9-23)12-26-19-11-18(21)17(10-16(19)14-2-3-14)20(24)22-27-15-4-5-15/h10-11,13-15H,2-9,12H2,1H3,(H,22,24). The molecule has 2 saturated carbocycles. The average molecular weight is 427 g/mol. The lowest BCUT2D eigenvalue weighted by Gasteiger charge is -2.30. The second-order valence-electron chi connectivity index (χ2n) is 8.00. The number of piperidine rings is 1. The maximum absolute atomic E-state index is 14.6. The lowest BCUT2D eigenvalue weighted by atomic mass is 9.99. The Kier molecular flexibility index (Phi) is 6.27. The van der Waals surface area contributed by atoms with Crippen LogP contribution in [0.25, 0.3) is 0 Å². The highest BCUT2D eigenvalue weighted by Crippen LogP contribution is 2.45. The SMILES string of the molecule is CS(=O)N1CCC(COc2cc(F)c(C(=O)NSC3CC3)cc2C2CC2)CC1. The molecule has 3 fully saturated rings. The first kappa shape index (κ1) is 20.2. The number of halogens is 1. The summed E-state index contributed by atoms with van der Waals surface area (Å²) in [5, 5.41) is 0.481. The van der Waals surface area contributed by atoms with Gasteiger partial charge in [-0.3, -0.25) is 9.52 Å². The van der Waals surface area contributed by atoms with Gasteiger partial charge in [-0.15, -0.1) is 0 Å². The van der Waals surface area contributed by atoms with E-state index in [4.69, 9.17) is 4.74 Å². The van der Waals surface area contributed by atoms with Crippen molar-refractivity contribution in [3.63, 3.8) is 0 Å². The zero-order valence-corrected chi connectivity index (χ0v) is 17.8. The van der Waals surface area contributed by atoms with Gasteiger partial charge in [0.1, 0.15) is 11.6 Å². The zero-order valence-electron chi connectivity index (χ0n) is 16.1. The van der Waals surface area contributed by atoms with Crippen LogP contribution in [0, 0.1) is 11.7 Å². The van der Waals surface area contributed by atoms with Crippen LogP contribution >= 0.6 is 11.9 Å². The maximum atomic E-state index is 14.6.